The standard InChI is InChI=1S/C31H39F2N5O3/c1-30(2,3)41-29(40)38-13-11-22(12-14-38)24-9-10-25-31(4,19-24)35-27(34-25)28(39)37-17-15-36(16-18-37)20-21-5-7-23(8-6-21)26(32)33/h5-11,26H,12-20H2,1-4H3,(H,34,35)/t31-/m0/s1. The van der Waals surface area contributed by atoms with Crippen molar-refractivity contribution in [3.8, 4) is 0 Å². The van der Waals surface area contributed by atoms with E-state index in [1.165, 1.54) is 23.3 Å². The fourth-order valence-corrected chi connectivity index (χ4v) is 5.63. The summed E-state index contributed by atoms with van der Waals surface area (Å²) in [4.78, 5) is 36.3. The van der Waals surface area contributed by atoms with Gasteiger partial charge in [0.1, 0.15) is 5.60 Å². The van der Waals surface area contributed by atoms with Crippen molar-refractivity contribution < 1.29 is 23.1 Å². The predicted molar refractivity (Wildman–Crippen MR) is 154 cm³/mol. The summed E-state index contributed by atoms with van der Waals surface area (Å²) in [5.41, 5.74) is 3.27. The second-order valence-electron chi connectivity index (χ2n) is 12.4. The van der Waals surface area contributed by atoms with Crippen molar-refractivity contribution in [2.45, 2.75) is 64.6 Å². The van der Waals surface area contributed by atoms with E-state index in [1.54, 1.807) is 17.0 Å². The number of hydrogen-bond acceptors (Lipinski definition) is 6. The molecule has 2 amide bonds. The molecule has 1 aromatic carbocycles. The van der Waals surface area contributed by atoms with Crippen LogP contribution in [0.5, 0.6) is 0 Å². The van der Waals surface area contributed by atoms with Crippen molar-refractivity contribution in [2.75, 3.05) is 39.3 Å². The van der Waals surface area contributed by atoms with E-state index in [2.05, 4.69) is 34.3 Å². The van der Waals surface area contributed by atoms with Gasteiger partial charge in [-0.3, -0.25) is 9.69 Å². The fourth-order valence-electron chi connectivity index (χ4n) is 5.63. The number of nitrogens with one attached hydrogen (secondary N) is 1. The molecule has 0 spiro atoms. The molecule has 1 fully saturated rings. The maximum atomic E-state index is 13.4. The molecule has 1 saturated heterocycles. The van der Waals surface area contributed by atoms with Gasteiger partial charge in [-0.25, -0.2) is 18.6 Å². The average molecular weight is 568 g/mol. The van der Waals surface area contributed by atoms with Crippen LogP contribution in [0.25, 0.3) is 0 Å². The summed E-state index contributed by atoms with van der Waals surface area (Å²) in [5, 5.41) is 3.42. The SMILES string of the molecule is CC(C)(C)OC(=O)N1CC=C(C2=CC=C3N=C(C(=O)N4CCN(Cc5ccc(C(F)F)cc5)CC4)N[C@@]3(C)C2)CC1. The quantitative estimate of drug-likeness (QED) is 0.553. The molecule has 10 heteroatoms. The number of alkyl halides is 2. The van der Waals surface area contributed by atoms with Gasteiger partial charge in [0, 0.05) is 57.8 Å². The van der Waals surface area contributed by atoms with Crippen LogP contribution in [0.4, 0.5) is 13.6 Å². The van der Waals surface area contributed by atoms with E-state index in [4.69, 9.17) is 4.74 Å². The summed E-state index contributed by atoms with van der Waals surface area (Å²) < 4.78 is 31.1. The zero-order valence-electron chi connectivity index (χ0n) is 24.3. The molecule has 0 bridgehead atoms. The van der Waals surface area contributed by atoms with E-state index in [0.717, 1.165) is 17.7 Å². The maximum absolute atomic E-state index is 13.4. The molecule has 0 unspecified atom stereocenters. The van der Waals surface area contributed by atoms with E-state index < -0.39 is 17.6 Å². The highest BCUT2D eigenvalue weighted by molar-refractivity contribution is 6.39. The molecule has 1 N–H and O–H groups in total. The van der Waals surface area contributed by atoms with Crippen molar-refractivity contribution in [3.05, 3.63) is 70.5 Å². The zero-order valence-corrected chi connectivity index (χ0v) is 24.3. The molecule has 1 atom stereocenters. The molecule has 4 aliphatic rings. The van der Waals surface area contributed by atoms with Crippen molar-refractivity contribution in [1.82, 2.24) is 20.0 Å². The Kier molecular flexibility index (Phi) is 8.05. The molecule has 41 heavy (non-hydrogen) atoms. The summed E-state index contributed by atoms with van der Waals surface area (Å²) in [6.45, 7) is 12.0. The van der Waals surface area contributed by atoms with Crippen molar-refractivity contribution in [2.24, 2.45) is 4.99 Å². The van der Waals surface area contributed by atoms with Crippen molar-refractivity contribution in [1.29, 1.82) is 0 Å². The minimum atomic E-state index is -2.46. The van der Waals surface area contributed by atoms with Crippen LogP contribution in [-0.4, -0.2) is 82.9 Å². The number of fused-ring (bicyclic) bond motifs is 1. The third kappa shape index (κ3) is 6.69. The van der Waals surface area contributed by atoms with Crippen LogP contribution in [-0.2, 0) is 16.1 Å². The van der Waals surface area contributed by atoms with Crippen LogP contribution >= 0.6 is 0 Å². The molecule has 1 aromatic rings. The monoisotopic (exact) mass is 567 g/mol. The average Bonchev–Trinajstić information content (AvgIpc) is 3.29. The van der Waals surface area contributed by atoms with Crippen LogP contribution in [0.3, 0.4) is 0 Å². The van der Waals surface area contributed by atoms with Gasteiger partial charge in [0.2, 0.25) is 0 Å². The summed E-state index contributed by atoms with van der Waals surface area (Å²) in [6, 6.07) is 6.44. The molecular formula is C31H39F2N5O3. The van der Waals surface area contributed by atoms with E-state index in [9.17, 15) is 18.4 Å². The molecular weight excluding hydrogens is 528 g/mol. The van der Waals surface area contributed by atoms with Crippen molar-refractivity contribution in [3.63, 3.8) is 0 Å². The van der Waals surface area contributed by atoms with Gasteiger partial charge in [-0.1, -0.05) is 36.4 Å². The van der Waals surface area contributed by atoms with Crippen LogP contribution in [0, 0.1) is 0 Å². The first-order valence-electron chi connectivity index (χ1n) is 14.2. The van der Waals surface area contributed by atoms with Gasteiger partial charge >= 0.3 is 6.09 Å². The molecule has 220 valence electrons. The Hall–Kier alpha value is -3.53. The molecule has 0 saturated carbocycles. The van der Waals surface area contributed by atoms with Gasteiger partial charge in [-0.2, -0.15) is 0 Å². The van der Waals surface area contributed by atoms with E-state index in [1.807, 2.05) is 31.7 Å². The number of carbonyl (C=O) groups is 2. The van der Waals surface area contributed by atoms with E-state index in [0.29, 0.717) is 58.1 Å². The lowest BCUT2D eigenvalue weighted by molar-refractivity contribution is -0.126. The molecule has 1 aliphatic carbocycles. The van der Waals surface area contributed by atoms with Gasteiger partial charge in [0.25, 0.3) is 12.3 Å². The minimum Gasteiger partial charge on any atom is -0.444 e. The highest BCUT2D eigenvalue weighted by Crippen LogP contribution is 2.38. The van der Waals surface area contributed by atoms with Gasteiger partial charge in [0.15, 0.2) is 5.84 Å². The number of halogens is 2. The summed E-state index contributed by atoms with van der Waals surface area (Å²) in [5.74, 6) is 0.270. The number of piperazine rings is 1. The summed E-state index contributed by atoms with van der Waals surface area (Å²) in [6.07, 6.45) is 4.86. The Morgan fingerprint density at radius 2 is 1.73 bits per heavy atom. The lowest BCUT2D eigenvalue weighted by Crippen LogP contribution is -2.54. The lowest BCUT2D eigenvalue weighted by Gasteiger charge is -2.36. The zero-order chi connectivity index (χ0) is 29.4. The fraction of sp³-hybridized carbons (Fsp3) is 0.516. The number of amides is 2. The van der Waals surface area contributed by atoms with Gasteiger partial charge < -0.3 is 19.9 Å². The number of ether oxygens (including phenoxy) is 1. The molecule has 8 nitrogen and oxygen atoms in total. The third-order valence-electron chi connectivity index (χ3n) is 7.95. The number of hydrogen-bond donors (Lipinski definition) is 1. The van der Waals surface area contributed by atoms with Crippen LogP contribution in [0.15, 0.2) is 64.3 Å². The second kappa shape index (κ2) is 11.4. The van der Waals surface area contributed by atoms with Crippen LogP contribution < -0.4 is 5.32 Å². The first-order chi connectivity index (χ1) is 19.4. The highest BCUT2D eigenvalue weighted by Gasteiger charge is 2.41. The van der Waals surface area contributed by atoms with Gasteiger partial charge in [0.05, 0.1) is 11.2 Å². The Morgan fingerprint density at radius 1 is 1.02 bits per heavy atom. The van der Waals surface area contributed by atoms with Crippen LogP contribution in [0.1, 0.15) is 58.1 Å². The number of amidine groups is 1. The molecule has 3 aliphatic heterocycles. The second-order valence-corrected chi connectivity index (χ2v) is 12.4. The lowest BCUT2D eigenvalue weighted by atomic mass is 9.82. The Bertz CT molecular complexity index is 1300. The van der Waals surface area contributed by atoms with E-state index >= 15 is 0 Å². The number of allylic oxidation sites excluding steroid dienone is 2. The largest absolute Gasteiger partial charge is 0.444 e. The van der Waals surface area contributed by atoms with E-state index in [-0.39, 0.29) is 17.6 Å². The van der Waals surface area contributed by atoms with Gasteiger partial charge in [-0.15, -0.1) is 0 Å². The predicted octanol–water partition coefficient (Wildman–Crippen LogP) is 4.81. The summed E-state index contributed by atoms with van der Waals surface area (Å²) in [7, 11) is 0. The smallest absolute Gasteiger partial charge is 0.410 e. The third-order valence-corrected chi connectivity index (χ3v) is 7.95. The molecule has 3 heterocycles. The number of aliphatic imine (C=N–C) groups is 1. The van der Waals surface area contributed by atoms with Crippen LogP contribution in [0.2, 0.25) is 0 Å². The Labute approximate surface area is 240 Å². The first-order valence-corrected chi connectivity index (χ1v) is 14.2. The Morgan fingerprint density at radius 3 is 2.34 bits per heavy atom. The molecule has 5 rings (SSSR count). The Balaban J connectivity index is 1.15. The molecule has 0 aromatic heterocycles. The van der Waals surface area contributed by atoms with Crippen molar-refractivity contribution >= 4 is 17.8 Å². The minimum absolute atomic E-state index is 0.0287. The number of nitrogens with zero attached hydrogens (tertiary/aromatic N) is 4. The normalized spacial score (nSPS) is 23.3. The summed E-state index contributed by atoms with van der Waals surface area (Å²) >= 11 is 0. The number of benzene rings is 1. The maximum Gasteiger partial charge on any atom is 0.410 e. The molecule has 0 radical (unpaired) electrons. The van der Waals surface area contributed by atoms with Gasteiger partial charge in [-0.05, 0) is 56.9 Å². The topological polar surface area (TPSA) is 77.5 Å². The number of rotatable bonds is 5. The number of carbonyl (C=O) groups excluding carboxylic acids is 2. The highest BCUT2D eigenvalue weighted by atomic mass is 19.3. The first kappa shape index (κ1) is 29.0.